The Morgan fingerprint density at radius 3 is 2.56 bits per heavy atom. The van der Waals surface area contributed by atoms with Gasteiger partial charge in [0.15, 0.2) is 5.69 Å². The van der Waals surface area contributed by atoms with Crippen molar-refractivity contribution in [2.24, 2.45) is 0 Å². The van der Waals surface area contributed by atoms with E-state index in [-0.39, 0.29) is 17.7 Å². The van der Waals surface area contributed by atoms with Crippen LogP contribution < -0.4 is 0 Å². The van der Waals surface area contributed by atoms with E-state index in [2.05, 4.69) is 30.3 Å². The highest BCUT2D eigenvalue weighted by atomic mass is 19.1. The third-order valence-electron chi connectivity index (χ3n) is 6.20. The summed E-state index contributed by atoms with van der Waals surface area (Å²) in [6, 6.07) is 17.8. The van der Waals surface area contributed by atoms with Gasteiger partial charge < -0.3 is 9.63 Å². The number of benzene rings is 2. The molecule has 0 spiro atoms. The van der Waals surface area contributed by atoms with Gasteiger partial charge in [-0.05, 0) is 36.2 Å². The van der Waals surface area contributed by atoms with Gasteiger partial charge >= 0.3 is 0 Å². The predicted molar refractivity (Wildman–Crippen MR) is 129 cm³/mol. The number of aliphatic hydroxyl groups excluding tert-OH is 1. The Morgan fingerprint density at radius 1 is 1.00 bits per heavy atom. The van der Waals surface area contributed by atoms with Crippen LogP contribution in [0.4, 0.5) is 4.39 Å². The zero-order valence-electron chi connectivity index (χ0n) is 19.2. The number of rotatable bonds is 6. The first-order valence-corrected chi connectivity index (χ1v) is 11.6. The molecule has 5 aromatic rings. The Morgan fingerprint density at radius 2 is 1.81 bits per heavy atom. The lowest BCUT2D eigenvalue weighted by Gasteiger charge is -2.14. The summed E-state index contributed by atoms with van der Waals surface area (Å²) in [5, 5.41) is 22.4. The molecule has 6 rings (SSSR count). The molecular weight excluding hydrogens is 461 g/mol. The van der Waals surface area contributed by atoms with E-state index in [0.29, 0.717) is 23.8 Å². The molecule has 9 nitrogen and oxygen atoms in total. The number of para-hydroxylation sites is 1. The molecule has 0 saturated carbocycles. The molecule has 3 aromatic heterocycles. The number of β-amino-alcohol motifs (C(OH)–C–C–N with tert-alkyl or cyclic N) is 1. The lowest BCUT2D eigenvalue weighted by molar-refractivity contribution is 0.175. The van der Waals surface area contributed by atoms with Gasteiger partial charge in [0.1, 0.15) is 17.2 Å². The topological polar surface area (TPSA) is 106 Å². The van der Waals surface area contributed by atoms with Crippen LogP contribution in [0.3, 0.4) is 0 Å². The maximum atomic E-state index is 14.6. The third-order valence-corrected chi connectivity index (χ3v) is 6.20. The van der Waals surface area contributed by atoms with Crippen LogP contribution in [0.1, 0.15) is 12.0 Å². The molecule has 0 aliphatic carbocycles. The Kier molecular flexibility index (Phi) is 5.80. The van der Waals surface area contributed by atoms with Crippen LogP contribution in [0, 0.1) is 5.82 Å². The van der Waals surface area contributed by atoms with E-state index in [1.165, 1.54) is 10.7 Å². The molecule has 0 amide bonds. The zero-order chi connectivity index (χ0) is 24.5. The summed E-state index contributed by atoms with van der Waals surface area (Å²) in [6.07, 6.45) is 3.85. The monoisotopic (exact) mass is 483 g/mol. The quantitative estimate of drug-likeness (QED) is 0.389. The molecule has 2 aromatic carbocycles. The van der Waals surface area contributed by atoms with E-state index >= 15 is 0 Å². The maximum Gasteiger partial charge on any atom is 0.281 e. The first kappa shape index (κ1) is 22.2. The molecule has 1 fully saturated rings. The van der Waals surface area contributed by atoms with Crippen molar-refractivity contribution >= 4 is 0 Å². The summed E-state index contributed by atoms with van der Waals surface area (Å²) in [5.74, 6) is 0.155. The fraction of sp³-hybridized carbons (Fsp3) is 0.192. The van der Waals surface area contributed by atoms with Gasteiger partial charge in [0.25, 0.3) is 5.89 Å². The minimum atomic E-state index is -0.431. The first-order chi connectivity index (χ1) is 17.7. The summed E-state index contributed by atoms with van der Waals surface area (Å²) in [5.41, 5.74) is 3.77. The third kappa shape index (κ3) is 4.28. The number of nitrogens with zero attached hydrogens (tertiary/aromatic N) is 7. The minimum Gasteiger partial charge on any atom is -0.392 e. The van der Waals surface area contributed by atoms with Crippen LogP contribution in [0.15, 0.2) is 77.6 Å². The van der Waals surface area contributed by atoms with Gasteiger partial charge in [-0.25, -0.2) is 9.07 Å². The molecule has 1 aliphatic rings. The lowest BCUT2D eigenvalue weighted by Crippen LogP contribution is -2.21. The van der Waals surface area contributed by atoms with E-state index in [9.17, 15) is 9.50 Å². The number of likely N-dealkylation sites (tertiary alicyclic amines) is 1. The molecular formula is C26H22FN7O2. The number of aliphatic hydroxyl groups is 1. The van der Waals surface area contributed by atoms with Crippen LogP contribution >= 0.6 is 0 Å². The summed E-state index contributed by atoms with van der Waals surface area (Å²) >= 11 is 0. The van der Waals surface area contributed by atoms with Crippen molar-refractivity contribution in [1.82, 2.24) is 35.0 Å². The highest BCUT2D eigenvalue weighted by molar-refractivity contribution is 5.76. The molecule has 1 aliphatic heterocycles. The standard InChI is InChI=1S/C26H22FN7O2/c27-21-3-1-2-4-22(21)34-24(18-9-12-28-13-10-18)23(30-32-34)26-29-25(31-36-26)19-7-5-17(6-8-19)15-33-14-11-20(35)16-33/h1-10,12-13,20,35H,11,14-16H2. The Labute approximate surface area is 205 Å². The Balaban J connectivity index is 1.33. The van der Waals surface area contributed by atoms with Crippen molar-refractivity contribution in [2.75, 3.05) is 13.1 Å². The summed E-state index contributed by atoms with van der Waals surface area (Å²) in [6.45, 7) is 2.37. The van der Waals surface area contributed by atoms with Crippen LogP contribution in [0.5, 0.6) is 0 Å². The van der Waals surface area contributed by atoms with E-state index in [0.717, 1.165) is 36.2 Å². The van der Waals surface area contributed by atoms with Gasteiger partial charge in [-0.15, -0.1) is 5.10 Å². The van der Waals surface area contributed by atoms with Crippen LogP contribution in [0.2, 0.25) is 0 Å². The van der Waals surface area contributed by atoms with Crippen molar-refractivity contribution in [3.05, 3.63) is 84.4 Å². The molecule has 4 heterocycles. The number of aromatic nitrogens is 6. The number of hydrogen-bond donors (Lipinski definition) is 1. The highest BCUT2D eigenvalue weighted by Crippen LogP contribution is 2.32. The molecule has 10 heteroatoms. The van der Waals surface area contributed by atoms with Crippen LogP contribution in [0.25, 0.3) is 39.9 Å². The first-order valence-electron chi connectivity index (χ1n) is 11.6. The van der Waals surface area contributed by atoms with Gasteiger partial charge in [0.2, 0.25) is 5.82 Å². The van der Waals surface area contributed by atoms with Crippen molar-refractivity contribution < 1.29 is 14.0 Å². The van der Waals surface area contributed by atoms with Gasteiger partial charge in [-0.1, -0.05) is 46.8 Å². The molecule has 180 valence electrons. The van der Waals surface area contributed by atoms with E-state index in [1.54, 1.807) is 42.7 Å². The second-order valence-corrected chi connectivity index (χ2v) is 8.68. The second kappa shape index (κ2) is 9.40. The van der Waals surface area contributed by atoms with Crippen molar-refractivity contribution in [2.45, 2.75) is 19.1 Å². The summed E-state index contributed by atoms with van der Waals surface area (Å²) < 4.78 is 21.6. The molecule has 0 radical (unpaired) electrons. The number of halogens is 1. The predicted octanol–water partition coefficient (Wildman–Crippen LogP) is 3.75. The molecule has 1 saturated heterocycles. The highest BCUT2D eigenvalue weighted by Gasteiger charge is 2.24. The lowest BCUT2D eigenvalue weighted by atomic mass is 10.1. The fourth-order valence-corrected chi connectivity index (χ4v) is 4.40. The zero-order valence-corrected chi connectivity index (χ0v) is 19.2. The molecule has 1 atom stereocenters. The smallest absolute Gasteiger partial charge is 0.281 e. The van der Waals surface area contributed by atoms with Crippen molar-refractivity contribution in [1.29, 1.82) is 0 Å². The van der Waals surface area contributed by atoms with Crippen molar-refractivity contribution in [3.8, 4) is 39.9 Å². The van der Waals surface area contributed by atoms with Gasteiger partial charge in [-0.3, -0.25) is 9.88 Å². The summed E-state index contributed by atoms with van der Waals surface area (Å²) in [7, 11) is 0. The molecule has 0 bridgehead atoms. The number of pyridine rings is 1. The van der Waals surface area contributed by atoms with E-state index in [1.807, 2.05) is 24.3 Å². The Hall–Kier alpha value is -4.28. The van der Waals surface area contributed by atoms with Crippen molar-refractivity contribution in [3.63, 3.8) is 0 Å². The molecule has 1 unspecified atom stereocenters. The minimum absolute atomic E-state index is 0.175. The van der Waals surface area contributed by atoms with Gasteiger partial charge in [-0.2, -0.15) is 4.98 Å². The largest absolute Gasteiger partial charge is 0.392 e. The fourth-order valence-electron chi connectivity index (χ4n) is 4.40. The Bertz CT molecular complexity index is 1480. The normalized spacial score (nSPS) is 16.0. The van der Waals surface area contributed by atoms with Crippen LogP contribution in [-0.2, 0) is 6.54 Å². The SMILES string of the molecule is OC1CCN(Cc2ccc(-c3noc(-c4nnn(-c5ccccc5F)c4-c4ccncc4)n3)cc2)C1. The van der Waals surface area contributed by atoms with Gasteiger partial charge in [0, 0.05) is 43.2 Å². The molecule has 36 heavy (non-hydrogen) atoms. The second-order valence-electron chi connectivity index (χ2n) is 8.68. The number of hydrogen-bond acceptors (Lipinski definition) is 8. The maximum absolute atomic E-state index is 14.6. The average Bonchev–Trinajstić information content (AvgIpc) is 3.65. The molecule has 1 N–H and O–H groups in total. The van der Waals surface area contributed by atoms with Crippen LogP contribution in [-0.4, -0.2) is 59.3 Å². The van der Waals surface area contributed by atoms with Gasteiger partial charge in [0.05, 0.1) is 6.10 Å². The van der Waals surface area contributed by atoms with E-state index < -0.39 is 5.82 Å². The van der Waals surface area contributed by atoms with E-state index in [4.69, 9.17) is 4.52 Å². The summed E-state index contributed by atoms with van der Waals surface area (Å²) in [4.78, 5) is 10.9. The average molecular weight is 484 g/mol.